The molecule has 0 unspecified atom stereocenters. The fourth-order valence-corrected chi connectivity index (χ4v) is 4.33. The molecule has 9 nitrogen and oxygen atoms in total. The summed E-state index contributed by atoms with van der Waals surface area (Å²) in [4.78, 5) is 53.7. The van der Waals surface area contributed by atoms with E-state index in [0.717, 1.165) is 25.7 Å². The highest BCUT2D eigenvalue weighted by Gasteiger charge is 2.31. The zero-order valence-electron chi connectivity index (χ0n) is 22.8. The SMILES string of the molecule is C#CC[C@H](NC(=O)[C@@H]1CCCN(C(=O)/C=C/C2CCN(C(=O)OC(C)(C)C)CC2)C1)C(=O)OCCCC. The molecule has 2 atom stereocenters. The number of unbranched alkanes of at least 4 members (excludes halogenated alkanes) is 1. The van der Waals surface area contributed by atoms with Crippen LogP contribution in [-0.4, -0.2) is 78.1 Å². The molecule has 0 radical (unpaired) electrons. The first-order valence-electron chi connectivity index (χ1n) is 13.4. The summed E-state index contributed by atoms with van der Waals surface area (Å²) in [6, 6.07) is -0.883. The fraction of sp³-hybridized carbons (Fsp3) is 0.714. The minimum Gasteiger partial charge on any atom is -0.464 e. The number of nitrogens with one attached hydrogen (secondary N) is 1. The van der Waals surface area contributed by atoms with Crippen molar-refractivity contribution in [2.45, 2.75) is 84.3 Å². The van der Waals surface area contributed by atoms with Crippen LogP contribution in [0.4, 0.5) is 4.79 Å². The molecule has 2 rings (SSSR count). The summed E-state index contributed by atoms with van der Waals surface area (Å²) in [5.41, 5.74) is -0.524. The van der Waals surface area contributed by atoms with E-state index < -0.39 is 23.5 Å². The maximum atomic E-state index is 12.9. The van der Waals surface area contributed by atoms with Crippen LogP contribution in [0.25, 0.3) is 0 Å². The van der Waals surface area contributed by atoms with Crippen LogP contribution in [0.15, 0.2) is 12.2 Å². The molecule has 0 saturated carbocycles. The van der Waals surface area contributed by atoms with Crippen molar-refractivity contribution < 1.29 is 28.7 Å². The molecule has 0 bridgehead atoms. The van der Waals surface area contributed by atoms with Gasteiger partial charge in [0.2, 0.25) is 11.8 Å². The predicted octanol–water partition coefficient (Wildman–Crippen LogP) is 3.28. The van der Waals surface area contributed by atoms with Crippen LogP contribution in [0.2, 0.25) is 0 Å². The van der Waals surface area contributed by atoms with Crippen molar-refractivity contribution in [1.29, 1.82) is 0 Å². The molecule has 2 fully saturated rings. The third kappa shape index (κ3) is 10.5. The molecule has 1 N–H and O–H groups in total. The number of allylic oxidation sites excluding steroid dienone is 1. The van der Waals surface area contributed by atoms with E-state index in [1.165, 1.54) is 0 Å². The molecular formula is C28H43N3O6. The summed E-state index contributed by atoms with van der Waals surface area (Å²) in [5, 5.41) is 2.73. The number of likely N-dealkylation sites (tertiary alicyclic amines) is 2. The number of hydrogen-bond acceptors (Lipinski definition) is 6. The summed E-state index contributed by atoms with van der Waals surface area (Å²) >= 11 is 0. The minimum atomic E-state index is -0.883. The van der Waals surface area contributed by atoms with E-state index in [1.807, 2.05) is 33.8 Å². The van der Waals surface area contributed by atoms with Gasteiger partial charge in [0.05, 0.1) is 12.5 Å². The molecule has 0 aromatic heterocycles. The molecule has 2 aliphatic heterocycles. The van der Waals surface area contributed by atoms with Gasteiger partial charge in [-0.25, -0.2) is 9.59 Å². The van der Waals surface area contributed by atoms with Crippen LogP contribution >= 0.6 is 0 Å². The lowest BCUT2D eigenvalue weighted by Gasteiger charge is -2.33. The van der Waals surface area contributed by atoms with E-state index in [4.69, 9.17) is 15.9 Å². The Hall–Kier alpha value is -3.02. The van der Waals surface area contributed by atoms with Gasteiger partial charge in [-0.3, -0.25) is 9.59 Å². The zero-order chi connectivity index (χ0) is 27.4. The smallest absolute Gasteiger partial charge is 0.410 e. The molecule has 37 heavy (non-hydrogen) atoms. The average Bonchev–Trinajstić information content (AvgIpc) is 2.86. The van der Waals surface area contributed by atoms with E-state index >= 15 is 0 Å². The van der Waals surface area contributed by atoms with Crippen LogP contribution < -0.4 is 5.32 Å². The normalized spacial score (nSPS) is 19.7. The summed E-state index contributed by atoms with van der Waals surface area (Å²) in [6.07, 6.45) is 13.1. The molecule has 2 saturated heterocycles. The van der Waals surface area contributed by atoms with Crippen LogP contribution in [0.1, 0.15) is 72.6 Å². The Kier molecular flexibility index (Phi) is 12.0. The van der Waals surface area contributed by atoms with E-state index in [-0.39, 0.29) is 30.2 Å². The summed E-state index contributed by atoms with van der Waals surface area (Å²) < 4.78 is 10.7. The molecule has 0 aliphatic carbocycles. The van der Waals surface area contributed by atoms with E-state index in [9.17, 15) is 19.2 Å². The van der Waals surface area contributed by atoms with Crippen molar-refractivity contribution in [3.8, 4) is 12.3 Å². The maximum absolute atomic E-state index is 12.9. The predicted molar refractivity (Wildman–Crippen MR) is 140 cm³/mol. The van der Waals surface area contributed by atoms with Crippen molar-refractivity contribution >= 4 is 23.9 Å². The van der Waals surface area contributed by atoms with Crippen LogP contribution in [0.5, 0.6) is 0 Å². The molecule has 0 aromatic carbocycles. The van der Waals surface area contributed by atoms with Gasteiger partial charge in [-0.15, -0.1) is 12.3 Å². The second kappa shape index (κ2) is 14.7. The van der Waals surface area contributed by atoms with Gasteiger partial charge in [-0.2, -0.15) is 0 Å². The number of hydrogen-bond donors (Lipinski definition) is 1. The molecule has 206 valence electrons. The van der Waals surface area contributed by atoms with E-state index in [0.29, 0.717) is 45.6 Å². The highest BCUT2D eigenvalue weighted by Crippen LogP contribution is 2.22. The lowest BCUT2D eigenvalue weighted by Crippen LogP contribution is -2.49. The lowest BCUT2D eigenvalue weighted by atomic mass is 9.95. The highest BCUT2D eigenvalue weighted by atomic mass is 16.6. The number of piperidine rings is 2. The van der Waals surface area contributed by atoms with Gasteiger partial charge in [-0.1, -0.05) is 19.4 Å². The van der Waals surface area contributed by atoms with E-state index in [2.05, 4.69) is 11.2 Å². The highest BCUT2D eigenvalue weighted by molar-refractivity contribution is 5.89. The van der Waals surface area contributed by atoms with Crippen molar-refractivity contribution in [2.75, 3.05) is 32.8 Å². The number of rotatable bonds is 9. The van der Waals surface area contributed by atoms with Crippen LogP contribution in [0.3, 0.4) is 0 Å². The summed E-state index contributed by atoms with van der Waals surface area (Å²) in [5.74, 6) is 1.27. The Bertz CT molecular complexity index is 864. The summed E-state index contributed by atoms with van der Waals surface area (Å²) in [7, 11) is 0. The Morgan fingerprint density at radius 1 is 1.11 bits per heavy atom. The largest absolute Gasteiger partial charge is 0.464 e. The van der Waals surface area contributed by atoms with Crippen molar-refractivity contribution in [3.63, 3.8) is 0 Å². The first-order valence-corrected chi connectivity index (χ1v) is 13.4. The summed E-state index contributed by atoms with van der Waals surface area (Å²) in [6.45, 7) is 9.88. The van der Waals surface area contributed by atoms with Gasteiger partial charge < -0.3 is 24.6 Å². The van der Waals surface area contributed by atoms with Crippen molar-refractivity contribution in [2.24, 2.45) is 11.8 Å². The zero-order valence-corrected chi connectivity index (χ0v) is 22.8. The van der Waals surface area contributed by atoms with Gasteiger partial charge in [0.25, 0.3) is 0 Å². The topological polar surface area (TPSA) is 105 Å². The van der Waals surface area contributed by atoms with Gasteiger partial charge in [0.15, 0.2) is 0 Å². The standard InChI is InChI=1S/C28H43N3O6/c1-6-8-19-36-26(34)23(10-7-2)29-25(33)22-11-9-16-31(20-22)24(32)13-12-21-14-17-30(18-15-21)27(35)37-28(3,4)5/h2,12-13,21-23H,6,8-11,14-20H2,1,3-5H3,(H,29,33)/b13-12+/t22-,23+/m1/s1. The Balaban J connectivity index is 1.83. The van der Waals surface area contributed by atoms with Gasteiger partial charge in [0, 0.05) is 32.6 Å². The number of esters is 1. The van der Waals surface area contributed by atoms with Crippen molar-refractivity contribution in [1.82, 2.24) is 15.1 Å². The molecule has 0 aromatic rings. The molecule has 0 spiro atoms. The first kappa shape index (κ1) is 30.2. The minimum absolute atomic E-state index is 0.0571. The number of terminal acetylenes is 1. The second-order valence-corrected chi connectivity index (χ2v) is 10.8. The Labute approximate surface area is 221 Å². The number of carbonyl (C=O) groups is 4. The molecule has 2 aliphatic rings. The van der Waals surface area contributed by atoms with Gasteiger partial charge in [0.1, 0.15) is 11.6 Å². The Morgan fingerprint density at radius 3 is 2.43 bits per heavy atom. The van der Waals surface area contributed by atoms with Crippen molar-refractivity contribution in [3.05, 3.63) is 12.2 Å². The molecule has 9 heteroatoms. The van der Waals surface area contributed by atoms with Crippen LogP contribution in [0, 0.1) is 24.2 Å². The van der Waals surface area contributed by atoms with E-state index in [1.54, 1.807) is 15.9 Å². The third-order valence-corrected chi connectivity index (χ3v) is 6.47. The first-order chi connectivity index (χ1) is 17.5. The molecule has 3 amide bonds. The molecule has 2 heterocycles. The lowest BCUT2D eigenvalue weighted by molar-refractivity contribution is -0.148. The number of ether oxygens (including phenoxy) is 2. The monoisotopic (exact) mass is 517 g/mol. The quantitative estimate of drug-likeness (QED) is 0.218. The second-order valence-electron chi connectivity index (χ2n) is 10.8. The Morgan fingerprint density at radius 2 is 1.81 bits per heavy atom. The number of amides is 3. The third-order valence-electron chi connectivity index (χ3n) is 6.47. The van der Waals surface area contributed by atoms with Gasteiger partial charge >= 0.3 is 12.1 Å². The molecular weight excluding hydrogens is 474 g/mol. The fourth-order valence-electron chi connectivity index (χ4n) is 4.33. The maximum Gasteiger partial charge on any atom is 0.410 e. The average molecular weight is 518 g/mol. The van der Waals surface area contributed by atoms with Crippen LogP contribution in [-0.2, 0) is 23.9 Å². The number of nitrogens with zero attached hydrogens (tertiary/aromatic N) is 2. The van der Waals surface area contributed by atoms with Gasteiger partial charge in [-0.05, 0) is 64.9 Å². The number of carbonyl (C=O) groups excluding carboxylic acids is 4.